The van der Waals surface area contributed by atoms with Gasteiger partial charge in [0.1, 0.15) is 5.82 Å². The van der Waals surface area contributed by atoms with Crippen molar-refractivity contribution in [3.8, 4) is 11.3 Å². The molecule has 8 nitrogen and oxygen atoms in total. The molecule has 37 heavy (non-hydrogen) atoms. The van der Waals surface area contributed by atoms with Gasteiger partial charge in [-0.05, 0) is 50.5 Å². The third-order valence-corrected chi connectivity index (χ3v) is 7.06. The molecule has 2 aliphatic rings. The average molecular weight is 515 g/mol. The van der Waals surface area contributed by atoms with Crippen LogP contribution in [0.15, 0.2) is 53.4 Å². The topological polar surface area (TPSA) is 77.7 Å². The molecule has 0 bridgehead atoms. The summed E-state index contributed by atoms with van der Waals surface area (Å²) in [5.74, 6) is 0.0686. The minimum absolute atomic E-state index is 0.117. The SMILES string of the molecule is C[C@@H]1CCN(C)c2ccc(N3CCC[C@@H](C(F)(F)F)C3)nc2N1C(=O)Nc1cccc(-c2cnco2)c1. The quantitative estimate of drug-likeness (QED) is 0.477. The van der Waals surface area contributed by atoms with Gasteiger partial charge in [0, 0.05) is 44.0 Å². The van der Waals surface area contributed by atoms with Crippen LogP contribution in [-0.2, 0) is 0 Å². The summed E-state index contributed by atoms with van der Waals surface area (Å²) in [6, 6.07) is 10.3. The van der Waals surface area contributed by atoms with E-state index >= 15 is 0 Å². The first-order valence-electron chi connectivity index (χ1n) is 12.3. The molecule has 2 aromatic heterocycles. The summed E-state index contributed by atoms with van der Waals surface area (Å²) in [5, 5.41) is 2.96. The Hall–Kier alpha value is -3.76. The van der Waals surface area contributed by atoms with Gasteiger partial charge in [0.15, 0.2) is 18.0 Å². The monoisotopic (exact) mass is 514 g/mol. The normalized spacial score (nSPS) is 20.4. The number of urea groups is 1. The van der Waals surface area contributed by atoms with Crippen LogP contribution in [0, 0.1) is 5.92 Å². The highest BCUT2D eigenvalue weighted by molar-refractivity contribution is 6.04. The van der Waals surface area contributed by atoms with E-state index in [2.05, 4.69) is 10.3 Å². The molecular formula is C26H29F3N6O2. The molecule has 0 spiro atoms. The van der Waals surface area contributed by atoms with Crippen LogP contribution < -0.4 is 20.0 Å². The van der Waals surface area contributed by atoms with Crippen LogP contribution in [0.1, 0.15) is 26.2 Å². The number of amides is 2. The Morgan fingerprint density at radius 3 is 2.76 bits per heavy atom. The molecule has 2 atom stereocenters. The van der Waals surface area contributed by atoms with Crippen molar-refractivity contribution in [2.45, 2.75) is 38.4 Å². The van der Waals surface area contributed by atoms with E-state index in [1.165, 1.54) is 6.39 Å². The van der Waals surface area contributed by atoms with Gasteiger partial charge in [0.2, 0.25) is 0 Å². The van der Waals surface area contributed by atoms with Gasteiger partial charge in [-0.3, -0.25) is 4.90 Å². The van der Waals surface area contributed by atoms with Crippen LogP contribution in [0.3, 0.4) is 0 Å². The van der Waals surface area contributed by atoms with Gasteiger partial charge in [-0.25, -0.2) is 14.8 Å². The van der Waals surface area contributed by atoms with E-state index < -0.39 is 12.1 Å². The van der Waals surface area contributed by atoms with Crippen LogP contribution in [0.5, 0.6) is 0 Å². The number of hydrogen-bond acceptors (Lipinski definition) is 6. The van der Waals surface area contributed by atoms with Crippen molar-refractivity contribution in [1.82, 2.24) is 9.97 Å². The molecule has 0 radical (unpaired) electrons. The fraction of sp³-hybridized carbons (Fsp3) is 0.423. The maximum absolute atomic E-state index is 13.6. The third kappa shape index (κ3) is 5.21. The van der Waals surface area contributed by atoms with E-state index in [1.807, 2.05) is 37.1 Å². The van der Waals surface area contributed by atoms with Crippen molar-refractivity contribution >= 4 is 29.0 Å². The Kier molecular flexibility index (Phi) is 6.70. The predicted molar refractivity (Wildman–Crippen MR) is 136 cm³/mol. The number of nitrogens with zero attached hydrogens (tertiary/aromatic N) is 5. The Morgan fingerprint density at radius 1 is 1.16 bits per heavy atom. The number of nitrogens with one attached hydrogen (secondary N) is 1. The molecule has 2 aliphatic heterocycles. The second kappa shape index (κ2) is 9.95. The molecular weight excluding hydrogens is 485 g/mol. The second-order valence-electron chi connectivity index (χ2n) is 9.64. The third-order valence-electron chi connectivity index (χ3n) is 7.06. The number of pyridine rings is 1. The summed E-state index contributed by atoms with van der Waals surface area (Å²) in [5.41, 5.74) is 2.09. The minimum Gasteiger partial charge on any atom is -0.444 e. The van der Waals surface area contributed by atoms with Gasteiger partial charge in [-0.2, -0.15) is 13.2 Å². The van der Waals surface area contributed by atoms with Gasteiger partial charge >= 0.3 is 12.2 Å². The number of carbonyl (C=O) groups excluding carboxylic acids is 1. The molecule has 5 rings (SSSR count). The maximum Gasteiger partial charge on any atom is 0.393 e. The Bertz CT molecular complexity index is 1250. The number of alkyl halides is 3. The number of benzene rings is 1. The zero-order valence-corrected chi connectivity index (χ0v) is 20.7. The van der Waals surface area contributed by atoms with Crippen molar-refractivity contribution in [3.05, 3.63) is 49.0 Å². The molecule has 196 valence electrons. The van der Waals surface area contributed by atoms with Gasteiger partial charge in [0.05, 0.1) is 17.8 Å². The summed E-state index contributed by atoms with van der Waals surface area (Å²) in [4.78, 5) is 27.6. The van der Waals surface area contributed by atoms with E-state index in [0.717, 1.165) is 11.3 Å². The lowest BCUT2D eigenvalue weighted by Gasteiger charge is -2.35. The molecule has 1 saturated heterocycles. The molecule has 4 heterocycles. The predicted octanol–water partition coefficient (Wildman–Crippen LogP) is 5.78. The summed E-state index contributed by atoms with van der Waals surface area (Å²) in [7, 11) is 1.93. The van der Waals surface area contributed by atoms with E-state index in [0.29, 0.717) is 49.0 Å². The maximum atomic E-state index is 13.6. The first-order chi connectivity index (χ1) is 17.7. The smallest absolute Gasteiger partial charge is 0.393 e. The second-order valence-corrected chi connectivity index (χ2v) is 9.64. The van der Waals surface area contributed by atoms with Crippen LogP contribution >= 0.6 is 0 Å². The molecule has 0 unspecified atom stereocenters. The van der Waals surface area contributed by atoms with Crippen molar-refractivity contribution < 1.29 is 22.4 Å². The van der Waals surface area contributed by atoms with E-state index in [-0.39, 0.29) is 25.0 Å². The van der Waals surface area contributed by atoms with Gasteiger partial charge in [0.25, 0.3) is 0 Å². The number of fused-ring (bicyclic) bond motifs is 1. The summed E-state index contributed by atoms with van der Waals surface area (Å²) < 4.78 is 45.6. The highest BCUT2D eigenvalue weighted by Crippen LogP contribution is 2.38. The summed E-state index contributed by atoms with van der Waals surface area (Å²) in [6.45, 7) is 3.01. The van der Waals surface area contributed by atoms with Crippen molar-refractivity contribution in [3.63, 3.8) is 0 Å². The zero-order valence-electron chi connectivity index (χ0n) is 20.7. The van der Waals surface area contributed by atoms with Crippen LogP contribution in [-0.4, -0.2) is 54.9 Å². The fourth-order valence-corrected chi connectivity index (χ4v) is 4.96. The lowest BCUT2D eigenvalue weighted by molar-refractivity contribution is -0.176. The molecule has 1 aromatic carbocycles. The number of oxazole rings is 1. The Morgan fingerprint density at radius 2 is 2.00 bits per heavy atom. The number of anilines is 4. The van der Waals surface area contributed by atoms with Crippen LogP contribution in [0.4, 0.5) is 41.0 Å². The van der Waals surface area contributed by atoms with Gasteiger partial charge < -0.3 is 19.5 Å². The number of aromatic nitrogens is 2. The van der Waals surface area contributed by atoms with E-state index in [1.54, 1.807) is 34.2 Å². The standard InChI is InChI=1S/C26H29F3N6O2/c1-17-10-12-33(2)21-8-9-23(34-11-4-6-19(15-34)26(27,28)29)32-24(21)35(17)25(36)31-20-7-3-5-18(13-20)22-14-30-16-37-22/h3,5,7-9,13-14,16-17,19H,4,6,10-12,15H2,1-2H3,(H,31,36)/t17-,19-/m1/s1. The van der Waals surface area contributed by atoms with Crippen LogP contribution in [0.25, 0.3) is 11.3 Å². The number of rotatable bonds is 3. The van der Waals surface area contributed by atoms with Crippen molar-refractivity contribution in [1.29, 1.82) is 0 Å². The zero-order chi connectivity index (χ0) is 26.2. The molecule has 1 N–H and O–H groups in total. The van der Waals surface area contributed by atoms with Gasteiger partial charge in [-0.15, -0.1) is 0 Å². The Labute approximate surface area is 213 Å². The first kappa shape index (κ1) is 24.9. The largest absolute Gasteiger partial charge is 0.444 e. The molecule has 11 heteroatoms. The summed E-state index contributed by atoms with van der Waals surface area (Å²) in [6.07, 6.45) is -0.0507. The first-order valence-corrected chi connectivity index (χ1v) is 12.3. The number of piperidine rings is 1. The highest BCUT2D eigenvalue weighted by Gasteiger charge is 2.42. The number of halogens is 3. The molecule has 3 aromatic rings. The Balaban J connectivity index is 1.45. The van der Waals surface area contributed by atoms with Crippen LogP contribution in [0.2, 0.25) is 0 Å². The lowest BCUT2D eigenvalue weighted by atomic mass is 9.97. The number of hydrogen-bond donors (Lipinski definition) is 1. The van der Waals surface area contributed by atoms with E-state index in [4.69, 9.17) is 9.40 Å². The molecule has 1 fully saturated rings. The average Bonchev–Trinajstić information content (AvgIpc) is 3.38. The van der Waals surface area contributed by atoms with Crippen molar-refractivity contribution in [2.75, 3.05) is 46.7 Å². The van der Waals surface area contributed by atoms with Gasteiger partial charge in [-0.1, -0.05) is 12.1 Å². The number of carbonyl (C=O) groups is 1. The molecule has 2 amide bonds. The van der Waals surface area contributed by atoms with Crippen molar-refractivity contribution in [2.24, 2.45) is 5.92 Å². The lowest BCUT2D eigenvalue weighted by Crippen LogP contribution is -2.43. The summed E-state index contributed by atoms with van der Waals surface area (Å²) >= 11 is 0. The molecule has 0 aliphatic carbocycles. The molecule has 0 saturated carbocycles. The fourth-order valence-electron chi connectivity index (χ4n) is 4.96. The minimum atomic E-state index is -4.24. The highest BCUT2D eigenvalue weighted by atomic mass is 19.4. The van der Waals surface area contributed by atoms with E-state index in [9.17, 15) is 18.0 Å².